The van der Waals surface area contributed by atoms with E-state index in [0.29, 0.717) is 48.9 Å². The molecule has 0 amide bonds. The average molecular weight is 459 g/mol. The normalized spacial score (nSPS) is 10.0. The standard InChI is InChI=1S/C27H22FNO5/c1-31-14-15-32-16-17-33-24-11-9-23(10-12-24)27(30)34-26-13-8-21(18-25(26)28)5-2-20-3-6-22(19-29)7-4-20/h3-4,6-13,18H,14-17H2,1H3. The van der Waals surface area contributed by atoms with Gasteiger partial charge in [-0.3, -0.25) is 0 Å². The topological polar surface area (TPSA) is 77.8 Å². The van der Waals surface area contributed by atoms with Gasteiger partial charge in [-0.1, -0.05) is 11.8 Å². The number of rotatable bonds is 9. The summed E-state index contributed by atoms with van der Waals surface area (Å²) < 4.78 is 35.4. The van der Waals surface area contributed by atoms with E-state index in [1.165, 1.54) is 12.1 Å². The van der Waals surface area contributed by atoms with Gasteiger partial charge in [-0.25, -0.2) is 9.18 Å². The van der Waals surface area contributed by atoms with Gasteiger partial charge in [0.2, 0.25) is 0 Å². The van der Waals surface area contributed by atoms with Crippen molar-refractivity contribution >= 4 is 5.97 Å². The van der Waals surface area contributed by atoms with Crippen LogP contribution in [0.15, 0.2) is 66.7 Å². The molecular weight excluding hydrogens is 437 g/mol. The van der Waals surface area contributed by atoms with Gasteiger partial charge in [0, 0.05) is 18.2 Å². The van der Waals surface area contributed by atoms with Crippen LogP contribution in [0.4, 0.5) is 4.39 Å². The van der Waals surface area contributed by atoms with Crippen molar-refractivity contribution in [1.82, 2.24) is 0 Å². The Bertz CT molecular complexity index is 1200. The molecule has 0 heterocycles. The number of carbonyl (C=O) groups is 1. The first-order valence-corrected chi connectivity index (χ1v) is 10.4. The zero-order chi connectivity index (χ0) is 24.2. The van der Waals surface area contributed by atoms with Gasteiger partial charge < -0.3 is 18.9 Å². The van der Waals surface area contributed by atoms with Gasteiger partial charge in [0.25, 0.3) is 0 Å². The second-order valence-electron chi connectivity index (χ2n) is 6.95. The molecule has 6 nitrogen and oxygen atoms in total. The van der Waals surface area contributed by atoms with Crippen LogP contribution in [0.5, 0.6) is 11.5 Å². The van der Waals surface area contributed by atoms with Crippen LogP contribution in [0.25, 0.3) is 0 Å². The summed E-state index contributed by atoms with van der Waals surface area (Å²) in [6.45, 7) is 1.79. The second kappa shape index (κ2) is 12.8. The molecular formula is C27H22FNO5. The van der Waals surface area contributed by atoms with Crippen molar-refractivity contribution in [2.75, 3.05) is 33.5 Å². The number of hydrogen-bond acceptors (Lipinski definition) is 6. The highest BCUT2D eigenvalue weighted by Gasteiger charge is 2.12. The molecule has 3 aromatic carbocycles. The highest BCUT2D eigenvalue weighted by molar-refractivity contribution is 5.91. The maximum atomic E-state index is 14.4. The Morgan fingerprint density at radius 3 is 2.18 bits per heavy atom. The molecule has 34 heavy (non-hydrogen) atoms. The SMILES string of the molecule is COCCOCCOc1ccc(C(=O)Oc2ccc(C#Cc3ccc(C#N)cc3)cc2F)cc1. The molecule has 0 atom stereocenters. The highest BCUT2D eigenvalue weighted by Crippen LogP contribution is 2.20. The smallest absolute Gasteiger partial charge is 0.343 e. The number of hydrogen-bond donors (Lipinski definition) is 0. The number of esters is 1. The van der Waals surface area contributed by atoms with Crippen LogP contribution in [0.1, 0.15) is 27.0 Å². The van der Waals surface area contributed by atoms with E-state index >= 15 is 0 Å². The minimum atomic E-state index is -0.701. The van der Waals surface area contributed by atoms with Crippen LogP contribution >= 0.6 is 0 Å². The number of carbonyl (C=O) groups excluding carboxylic acids is 1. The molecule has 3 rings (SSSR count). The summed E-state index contributed by atoms with van der Waals surface area (Å²) in [5.41, 5.74) is 1.91. The summed E-state index contributed by atoms with van der Waals surface area (Å²) in [7, 11) is 1.60. The molecule has 0 bridgehead atoms. The minimum absolute atomic E-state index is 0.192. The molecule has 3 aromatic rings. The molecule has 0 spiro atoms. The molecule has 0 radical (unpaired) electrons. The quantitative estimate of drug-likeness (QED) is 0.205. The molecule has 0 fully saturated rings. The fourth-order valence-electron chi connectivity index (χ4n) is 2.74. The number of halogens is 1. The van der Waals surface area contributed by atoms with Crippen molar-refractivity contribution in [2.45, 2.75) is 0 Å². The first-order valence-electron chi connectivity index (χ1n) is 10.4. The van der Waals surface area contributed by atoms with Gasteiger partial charge >= 0.3 is 5.97 Å². The molecule has 0 unspecified atom stereocenters. The molecule has 0 aromatic heterocycles. The van der Waals surface area contributed by atoms with Gasteiger partial charge in [0.05, 0.1) is 37.0 Å². The maximum Gasteiger partial charge on any atom is 0.343 e. The van der Waals surface area contributed by atoms with Crippen molar-refractivity contribution in [3.05, 3.63) is 94.8 Å². The lowest BCUT2D eigenvalue weighted by Gasteiger charge is -2.08. The van der Waals surface area contributed by atoms with Crippen LogP contribution in [0, 0.1) is 29.0 Å². The van der Waals surface area contributed by atoms with E-state index in [0.717, 1.165) is 0 Å². The molecule has 172 valence electrons. The Kier molecular flexibility index (Phi) is 9.19. The molecule has 0 N–H and O–H groups in total. The number of ether oxygens (including phenoxy) is 4. The van der Waals surface area contributed by atoms with Gasteiger partial charge in [0.1, 0.15) is 12.4 Å². The summed E-state index contributed by atoms with van der Waals surface area (Å²) in [5, 5.41) is 8.83. The number of nitrogens with zero attached hydrogens (tertiary/aromatic N) is 1. The summed E-state index contributed by atoms with van der Waals surface area (Å²) >= 11 is 0. The zero-order valence-corrected chi connectivity index (χ0v) is 18.5. The van der Waals surface area contributed by atoms with Crippen LogP contribution in [-0.4, -0.2) is 39.5 Å². The fourth-order valence-corrected chi connectivity index (χ4v) is 2.74. The van der Waals surface area contributed by atoms with Gasteiger partial charge in [-0.05, 0) is 66.7 Å². The van der Waals surface area contributed by atoms with E-state index in [1.807, 2.05) is 6.07 Å². The van der Waals surface area contributed by atoms with E-state index in [9.17, 15) is 9.18 Å². The third kappa shape index (κ3) is 7.46. The molecule has 7 heteroatoms. The Morgan fingerprint density at radius 2 is 1.50 bits per heavy atom. The molecule has 0 aliphatic rings. The van der Waals surface area contributed by atoms with Gasteiger partial charge in [-0.15, -0.1) is 0 Å². The third-order valence-corrected chi connectivity index (χ3v) is 4.52. The van der Waals surface area contributed by atoms with E-state index in [4.69, 9.17) is 24.2 Å². The monoisotopic (exact) mass is 459 g/mol. The van der Waals surface area contributed by atoms with Crippen LogP contribution in [0.3, 0.4) is 0 Å². The fraction of sp³-hybridized carbons (Fsp3) is 0.185. The van der Waals surface area contributed by atoms with E-state index in [1.54, 1.807) is 61.7 Å². The Balaban J connectivity index is 1.54. The van der Waals surface area contributed by atoms with Gasteiger partial charge in [0.15, 0.2) is 11.6 Å². The Morgan fingerprint density at radius 1 is 0.853 bits per heavy atom. The van der Waals surface area contributed by atoms with Crippen molar-refractivity contribution < 1.29 is 28.1 Å². The number of methoxy groups -OCH3 is 1. The third-order valence-electron chi connectivity index (χ3n) is 4.52. The summed E-state index contributed by atoms with van der Waals surface area (Å²) in [6.07, 6.45) is 0. The van der Waals surface area contributed by atoms with Gasteiger partial charge in [-0.2, -0.15) is 5.26 Å². The Hall–Kier alpha value is -4.17. The lowest BCUT2D eigenvalue weighted by molar-refractivity contribution is 0.0544. The van der Waals surface area contributed by atoms with Crippen LogP contribution < -0.4 is 9.47 Å². The van der Waals surface area contributed by atoms with Crippen molar-refractivity contribution in [3.63, 3.8) is 0 Å². The van der Waals surface area contributed by atoms with Crippen LogP contribution in [-0.2, 0) is 9.47 Å². The maximum absolute atomic E-state index is 14.4. The molecule has 0 aliphatic heterocycles. The van der Waals surface area contributed by atoms with Crippen LogP contribution in [0.2, 0.25) is 0 Å². The summed E-state index contributed by atoms with van der Waals surface area (Å²) in [6, 6.07) is 19.2. The van der Waals surface area contributed by atoms with E-state index in [2.05, 4.69) is 11.8 Å². The predicted molar refractivity (Wildman–Crippen MR) is 123 cm³/mol. The average Bonchev–Trinajstić information content (AvgIpc) is 2.87. The first kappa shape index (κ1) is 24.5. The molecule has 0 aliphatic carbocycles. The number of benzene rings is 3. The summed E-state index contributed by atoms with van der Waals surface area (Å²) in [5.74, 6) is 4.73. The molecule has 0 saturated heterocycles. The first-order chi connectivity index (χ1) is 16.6. The lowest BCUT2D eigenvalue weighted by atomic mass is 10.1. The second-order valence-corrected chi connectivity index (χ2v) is 6.95. The summed E-state index contributed by atoms with van der Waals surface area (Å²) in [4.78, 5) is 12.4. The van der Waals surface area contributed by atoms with E-state index in [-0.39, 0.29) is 11.3 Å². The van der Waals surface area contributed by atoms with Crippen molar-refractivity contribution in [1.29, 1.82) is 5.26 Å². The largest absolute Gasteiger partial charge is 0.491 e. The van der Waals surface area contributed by atoms with Crippen molar-refractivity contribution in [3.8, 4) is 29.4 Å². The lowest BCUT2D eigenvalue weighted by Crippen LogP contribution is -2.11. The molecule has 0 saturated carbocycles. The highest BCUT2D eigenvalue weighted by atomic mass is 19.1. The Labute approximate surface area is 197 Å². The predicted octanol–water partition coefficient (Wildman–Crippen LogP) is 4.36. The number of nitriles is 1. The van der Waals surface area contributed by atoms with Crippen molar-refractivity contribution in [2.24, 2.45) is 0 Å². The van der Waals surface area contributed by atoms with E-state index < -0.39 is 11.8 Å². The minimum Gasteiger partial charge on any atom is -0.491 e. The zero-order valence-electron chi connectivity index (χ0n) is 18.5.